The number of terminal acetylenes is 1. The molecule has 0 saturated carbocycles. The molecule has 2 aromatic rings. The number of imidazole rings is 1. The zero-order valence-corrected chi connectivity index (χ0v) is 21.3. The van der Waals surface area contributed by atoms with Crippen LogP contribution in [0.5, 0.6) is 0 Å². The summed E-state index contributed by atoms with van der Waals surface area (Å²) in [6.07, 6.45) is 14.6. The molecule has 0 fully saturated rings. The Morgan fingerprint density at radius 2 is 2.15 bits per heavy atom. The predicted octanol–water partition coefficient (Wildman–Crippen LogP) is 5.47. The average molecular weight is 465 g/mol. The second-order valence-electron chi connectivity index (χ2n) is 10.1. The molecular weight excluding hydrogens is 428 g/mol. The van der Waals surface area contributed by atoms with Crippen LogP contribution in [0.3, 0.4) is 0 Å². The number of benzene rings is 1. The molecule has 1 aliphatic rings. The first-order valence-corrected chi connectivity index (χ1v) is 12.9. The van der Waals surface area contributed by atoms with Gasteiger partial charge < -0.3 is 15.6 Å². The molecule has 1 aromatic carbocycles. The number of carbonyl (C=O) groups is 1. The lowest BCUT2D eigenvalue weighted by molar-refractivity contribution is 0.101. The first kappa shape index (κ1) is 25.1. The van der Waals surface area contributed by atoms with Crippen LogP contribution in [0.4, 0.5) is 5.69 Å². The van der Waals surface area contributed by atoms with Gasteiger partial charge in [0.25, 0.3) is 5.91 Å². The fourth-order valence-electron chi connectivity index (χ4n) is 4.03. The van der Waals surface area contributed by atoms with Crippen LogP contribution in [0.2, 0.25) is 0 Å². The van der Waals surface area contributed by atoms with Gasteiger partial charge in [0.1, 0.15) is 5.69 Å². The molecular formula is C27H36N4OS. The highest BCUT2D eigenvalue weighted by Crippen LogP contribution is 2.41. The minimum atomic E-state index is -0.291. The monoisotopic (exact) mass is 464 g/mol. The predicted molar refractivity (Wildman–Crippen MR) is 141 cm³/mol. The maximum absolute atomic E-state index is 12.9. The number of nitrogens with zero attached hydrogens (tertiary/aromatic N) is 1. The molecule has 3 rings (SSSR count). The number of aromatic amines is 1. The Bertz CT molecular complexity index is 1060. The molecule has 1 aliphatic carbocycles. The first-order valence-electron chi connectivity index (χ1n) is 11.5. The standard InChI is InChI=1S/C27H36N4OS/c1-7-21-17-29-24(30-21)25(32)31-23-9-8-20(27(4,5)18-28-14-15-33-6)16-22(23)19-10-12-26(2,3)13-11-19/h1,8-10,16-17,28H,11-15,18H2,2-6H3,(H,29,30)(H,31,32). The molecule has 0 bridgehead atoms. The third-order valence-corrected chi connectivity index (χ3v) is 6.97. The van der Waals surface area contributed by atoms with Gasteiger partial charge in [-0.25, -0.2) is 4.98 Å². The topological polar surface area (TPSA) is 69.8 Å². The molecule has 1 heterocycles. The molecule has 0 radical (unpaired) electrons. The second kappa shape index (κ2) is 10.6. The van der Waals surface area contributed by atoms with E-state index in [-0.39, 0.29) is 17.1 Å². The highest BCUT2D eigenvalue weighted by atomic mass is 32.2. The van der Waals surface area contributed by atoms with Crippen LogP contribution in [-0.4, -0.2) is 41.0 Å². The summed E-state index contributed by atoms with van der Waals surface area (Å²) in [5, 5.41) is 6.64. The van der Waals surface area contributed by atoms with Crippen molar-refractivity contribution in [3.63, 3.8) is 0 Å². The normalized spacial score (nSPS) is 15.6. The number of nitrogens with one attached hydrogen (secondary N) is 3. The van der Waals surface area contributed by atoms with Crippen molar-refractivity contribution >= 4 is 28.9 Å². The second-order valence-corrected chi connectivity index (χ2v) is 11.1. The Morgan fingerprint density at radius 3 is 2.79 bits per heavy atom. The molecule has 5 nitrogen and oxygen atoms in total. The van der Waals surface area contributed by atoms with Crippen molar-refractivity contribution in [3.05, 3.63) is 53.1 Å². The zero-order chi connectivity index (χ0) is 24.1. The number of H-pyrrole nitrogens is 1. The maximum atomic E-state index is 12.9. The van der Waals surface area contributed by atoms with Gasteiger partial charge in [-0.05, 0) is 60.1 Å². The van der Waals surface area contributed by atoms with Gasteiger partial charge >= 0.3 is 0 Å². The molecule has 3 N–H and O–H groups in total. The van der Waals surface area contributed by atoms with Crippen LogP contribution < -0.4 is 10.6 Å². The molecule has 0 aliphatic heterocycles. The van der Waals surface area contributed by atoms with Crippen molar-refractivity contribution in [2.75, 3.05) is 30.4 Å². The molecule has 0 saturated heterocycles. The van der Waals surface area contributed by atoms with Crippen LogP contribution >= 0.6 is 11.8 Å². The van der Waals surface area contributed by atoms with E-state index in [1.165, 1.54) is 11.1 Å². The number of hydrogen-bond donors (Lipinski definition) is 3. The van der Waals surface area contributed by atoms with Crippen molar-refractivity contribution < 1.29 is 4.79 Å². The lowest BCUT2D eigenvalue weighted by Crippen LogP contribution is -2.34. The minimum Gasteiger partial charge on any atom is -0.339 e. The number of aromatic nitrogens is 2. The van der Waals surface area contributed by atoms with Gasteiger partial charge in [0.05, 0.1) is 0 Å². The largest absolute Gasteiger partial charge is 0.339 e. The number of allylic oxidation sites excluding steroid dienone is 2. The van der Waals surface area contributed by atoms with E-state index in [0.717, 1.165) is 49.4 Å². The third kappa shape index (κ3) is 6.52. The van der Waals surface area contributed by atoms with Gasteiger partial charge in [-0.15, -0.1) is 6.42 Å². The summed E-state index contributed by atoms with van der Waals surface area (Å²) in [6, 6.07) is 6.40. The molecule has 6 heteroatoms. The quantitative estimate of drug-likeness (QED) is 0.340. The molecule has 176 valence electrons. The number of anilines is 1. The van der Waals surface area contributed by atoms with E-state index in [1.807, 2.05) is 17.8 Å². The van der Waals surface area contributed by atoms with Gasteiger partial charge in [-0.3, -0.25) is 4.79 Å². The first-order chi connectivity index (χ1) is 15.6. The van der Waals surface area contributed by atoms with Crippen LogP contribution in [0.1, 0.15) is 74.4 Å². The molecule has 1 amide bonds. The number of rotatable bonds is 9. The Kier molecular flexibility index (Phi) is 8.10. The van der Waals surface area contributed by atoms with Gasteiger partial charge in [-0.2, -0.15) is 11.8 Å². The number of amides is 1. The summed E-state index contributed by atoms with van der Waals surface area (Å²) in [6.45, 7) is 11.0. The highest BCUT2D eigenvalue weighted by Gasteiger charge is 2.26. The van der Waals surface area contributed by atoms with Crippen LogP contribution in [0.25, 0.3) is 5.57 Å². The number of carbonyl (C=O) groups excluding carboxylic acids is 1. The van der Waals surface area contributed by atoms with E-state index in [0.29, 0.717) is 11.1 Å². The molecule has 1 aromatic heterocycles. The van der Waals surface area contributed by atoms with Gasteiger partial charge in [0.15, 0.2) is 5.82 Å². The fourth-order valence-corrected chi connectivity index (χ4v) is 4.38. The third-order valence-electron chi connectivity index (χ3n) is 6.36. The lowest BCUT2D eigenvalue weighted by atomic mass is 9.76. The summed E-state index contributed by atoms with van der Waals surface area (Å²) in [7, 11) is 0. The Morgan fingerprint density at radius 1 is 1.36 bits per heavy atom. The van der Waals surface area contributed by atoms with Crippen LogP contribution in [0.15, 0.2) is 30.5 Å². The molecule has 0 spiro atoms. The van der Waals surface area contributed by atoms with Gasteiger partial charge in [0.2, 0.25) is 0 Å². The summed E-state index contributed by atoms with van der Waals surface area (Å²) < 4.78 is 0. The fraction of sp³-hybridized carbons (Fsp3) is 0.481. The summed E-state index contributed by atoms with van der Waals surface area (Å²) in [5.74, 6) is 3.47. The molecule has 0 unspecified atom stereocenters. The average Bonchev–Trinajstić information content (AvgIpc) is 3.27. The summed E-state index contributed by atoms with van der Waals surface area (Å²) in [4.78, 5) is 19.9. The molecule has 33 heavy (non-hydrogen) atoms. The number of hydrogen-bond acceptors (Lipinski definition) is 4. The van der Waals surface area contributed by atoms with E-state index < -0.39 is 0 Å². The Hall–Kier alpha value is -2.49. The SMILES string of the molecule is C#Cc1c[nH]c(C(=O)Nc2ccc(C(C)(C)CNCCSC)cc2C2=CCC(C)(C)CC2)n1. The lowest BCUT2D eigenvalue weighted by Gasteiger charge is -2.31. The number of thioether (sulfide) groups is 1. The minimum absolute atomic E-state index is 0.0348. The van der Waals surface area contributed by atoms with E-state index in [9.17, 15) is 4.79 Å². The van der Waals surface area contributed by atoms with E-state index >= 15 is 0 Å². The van der Waals surface area contributed by atoms with E-state index in [1.54, 1.807) is 6.20 Å². The van der Waals surface area contributed by atoms with Crippen molar-refractivity contribution in [2.45, 2.75) is 52.4 Å². The highest BCUT2D eigenvalue weighted by molar-refractivity contribution is 7.98. The van der Waals surface area contributed by atoms with E-state index in [2.05, 4.69) is 78.7 Å². The zero-order valence-electron chi connectivity index (χ0n) is 20.5. The smallest absolute Gasteiger partial charge is 0.291 e. The Labute approximate surface area is 202 Å². The summed E-state index contributed by atoms with van der Waals surface area (Å²) >= 11 is 1.85. The van der Waals surface area contributed by atoms with Crippen molar-refractivity contribution in [1.29, 1.82) is 0 Å². The van der Waals surface area contributed by atoms with Crippen molar-refractivity contribution in [2.24, 2.45) is 5.41 Å². The van der Waals surface area contributed by atoms with Gasteiger partial charge in [-0.1, -0.05) is 39.8 Å². The van der Waals surface area contributed by atoms with Gasteiger partial charge in [0, 0.05) is 41.7 Å². The van der Waals surface area contributed by atoms with E-state index in [4.69, 9.17) is 6.42 Å². The van der Waals surface area contributed by atoms with Crippen molar-refractivity contribution in [1.82, 2.24) is 15.3 Å². The Balaban J connectivity index is 1.91. The maximum Gasteiger partial charge on any atom is 0.291 e. The van der Waals surface area contributed by atoms with Crippen molar-refractivity contribution in [3.8, 4) is 12.3 Å². The molecule has 0 atom stereocenters. The van der Waals surface area contributed by atoms with Crippen LogP contribution in [0, 0.1) is 17.8 Å². The van der Waals surface area contributed by atoms with Crippen LogP contribution in [-0.2, 0) is 5.41 Å². The summed E-state index contributed by atoms with van der Waals surface area (Å²) in [5.41, 5.74) is 5.14.